The van der Waals surface area contributed by atoms with Gasteiger partial charge < -0.3 is 5.73 Å². The third kappa shape index (κ3) is 4.23. The van der Waals surface area contributed by atoms with E-state index in [2.05, 4.69) is 37.8 Å². The highest BCUT2D eigenvalue weighted by Crippen LogP contribution is 2.30. The van der Waals surface area contributed by atoms with Gasteiger partial charge in [0.25, 0.3) is 0 Å². The zero-order chi connectivity index (χ0) is 12.5. The minimum absolute atomic E-state index is 0. The Morgan fingerprint density at radius 3 is 2.39 bits per heavy atom. The predicted molar refractivity (Wildman–Crippen MR) is 82.8 cm³/mol. The maximum absolute atomic E-state index is 5.93. The molecule has 0 saturated carbocycles. The van der Waals surface area contributed by atoms with Gasteiger partial charge in [0.05, 0.1) is 0 Å². The molecule has 0 amide bonds. The molecule has 1 aromatic heterocycles. The van der Waals surface area contributed by atoms with Gasteiger partial charge in [0.15, 0.2) is 0 Å². The van der Waals surface area contributed by atoms with Crippen LogP contribution in [0.5, 0.6) is 0 Å². The predicted octanol–water partition coefficient (Wildman–Crippen LogP) is 3.39. The molecule has 2 N–H and O–H groups in total. The minimum atomic E-state index is 0. The summed E-state index contributed by atoms with van der Waals surface area (Å²) in [6.45, 7) is 10.3. The Kier molecular flexibility index (Phi) is 5.66. The van der Waals surface area contributed by atoms with Crippen molar-refractivity contribution in [2.45, 2.75) is 51.6 Å². The lowest BCUT2D eigenvalue weighted by Gasteiger charge is -2.29. The van der Waals surface area contributed by atoms with Crippen molar-refractivity contribution in [1.29, 1.82) is 0 Å². The van der Waals surface area contributed by atoms with Gasteiger partial charge in [-0.25, -0.2) is 0 Å². The summed E-state index contributed by atoms with van der Waals surface area (Å²) < 4.78 is 0. The first kappa shape index (κ1) is 16.0. The lowest BCUT2D eigenvalue weighted by Crippen LogP contribution is -2.39. The summed E-state index contributed by atoms with van der Waals surface area (Å²) in [5, 5.41) is 0. The van der Waals surface area contributed by atoms with E-state index >= 15 is 0 Å². The molecule has 2 rings (SSSR count). The lowest BCUT2D eigenvalue weighted by molar-refractivity contribution is 0.207. The van der Waals surface area contributed by atoms with E-state index in [9.17, 15) is 0 Å². The summed E-state index contributed by atoms with van der Waals surface area (Å²) in [5.74, 6) is 0. The molecule has 2 nitrogen and oxygen atoms in total. The molecule has 2 heterocycles. The summed E-state index contributed by atoms with van der Waals surface area (Å²) in [7, 11) is 0. The molecule has 1 aliphatic heterocycles. The van der Waals surface area contributed by atoms with Gasteiger partial charge in [0.1, 0.15) is 0 Å². The Bertz CT molecular complexity index is 362. The van der Waals surface area contributed by atoms with Crippen LogP contribution in [0.4, 0.5) is 0 Å². The molecular weight excluding hydrogens is 264 g/mol. The maximum atomic E-state index is 5.93. The molecule has 0 bridgehead atoms. The zero-order valence-corrected chi connectivity index (χ0v) is 13.2. The minimum Gasteiger partial charge on any atom is -0.328 e. The molecule has 0 aliphatic carbocycles. The van der Waals surface area contributed by atoms with Gasteiger partial charge in [0.2, 0.25) is 0 Å². The number of nitrogens with zero attached hydrogens (tertiary/aromatic N) is 1. The van der Waals surface area contributed by atoms with Gasteiger partial charge >= 0.3 is 0 Å². The summed E-state index contributed by atoms with van der Waals surface area (Å²) in [6, 6.07) is 5.01. The average molecular weight is 289 g/mol. The van der Waals surface area contributed by atoms with E-state index in [-0.39, 0.29) is 17.8 Å². The monoisotopic (exact) mass is 288 g/mol. The Labute approximate surface area is 121 Å². The fraction of sp³-hybridized carbons (Fsp3) is 0.714. The normalized spacial score (nSPS) is 18.7. The van der Waals surface area contributed by atoms with Crippen molar-refractivity contribution in [3.05, 3.63) is 21.9 Å². The molecule has 0 spiro atoms. The quantitative estimate of drug-likeness (QED) is 0.904. The van der Waals surface area contributed by atoms with Gasteiger partial charge in [-0.15, -0.1) is 23.7 Å². The number of rotatable bonds is 2. The highest BCUT2D eigenvalue weighted by molar-refractivity contribution is 7.12. The molecule has 104 valence electrons. The van der Waals surface area contributed by atoms with Crippen LogP contribution in [0, 0.1) is 0 Å². The lowest BCUT2D eigenvalue weighted by atomic mass is 9.95. The Hall–Kier alpha value is -0.0900. The fourth-order valence-corrected chi connectivity index (χ4v) is 3.31. The second-order valence-corrected chi connectivity index (χ2v) is 7.30. The number of likely N-dealkylation sites (tertiary alicyclic amines) is 1. The van der Waals surface area contributed by atoms with Crippen LogP contribution in [0.1, 0.15) is 43.4 Å². The van der Waals surface area contributed by atoms with Crippen molar-refractivity contribution in [2.75, 3.05) is 13.1 Å². The second kappa shape index (κ2) is 6.38. The van der Waals surface area contributed by atoms with Crippen molar-refractivity contribution in [2.24, 2.45) is 5.73 Å². The summed E-state index contributed by atoms with van der Waals surface area (Å²) in [4.78, 5) is 5.51. The van der Waals surface area contributed by atoms with Gasteiger partial charge in [-0.2, -0.15) is 0 Å². The van der Waals surface area contributed by atoms with Crippen molar-refractivity contribution in [3.8, 4) is 0 Å². The topological polar surface area (TPSA) is 29.3 Å². The first-order valence-electron chi connectivity index (χ1n) is 6.52. The first-order valence-corrected chi connectivity index (χ1v) is 7.34. The fourth-order valence-electron chi connectivity index (χ4n) is 2.20. The molecule has 1 aliphatic rings. The summed E-state index contributed by atoms with van der Waals surface area (Å²) in [5.41, 5.74) is 6.21. The Morgan fingerprint density at radius 2 is 1.89 bits per heavy atom. The van der Waals surface area contributed by atoms with E-state index in [1.165, 1.54) is 9.75 Å². The molecular formula is C14H25ClN2S. The van der Waals surface area contributed by atoms with Crippen LogP contribution in [-0.2, 0) is 12.0 Å². The van der Waals surface area contributed by atoms with Gasteiger partial charge in [-0.1, -0.05) is 20.8 Å². The SMILES string of the molecule is CC(C)(C)c1ccc(CN2CCC(N)CC2)s1.Cl. The molecule has 18 heavy (non-hydrogen) atoms. The molecule has 0 unspecified atom stereocenters. The zero-order valence-electron chi connectivity index (χ0n) is 11.6. The highest BCUT2D eigenvalue weighted by Gasteiger charge is 2.19. The molecule has 1 aromatic rings. The van der Waals surface area contributed by atoms with E-state index in [0.717, 1.165) is 32.5 Å². The van der Waals surface area contributed by atoms with E-state index in [4.69, 9.17) is 5.73 Å². The van der Waals surface area contributed by atoms with E-state index < -0.39 is 0 Å². The Morgan fingerprint density at radius 1 is 1.28 bits per heavy atom. The van der Waals surface area contributed by atoms with Crippen LogP contribution >= 0.6 is 23.7 Å². The van der Waals surface area contributed by atoms with Gasteiger partial charge in [-0.3, -0.25) is 4.90 Å². The summed E-state index contributed by atoms with van der Waals surface area (Å²) >= 11 is 1.96. The van der Waals surface area contributed by atoms with Crippen LogP contribution < -0.4 is 5.73 Å². The van der Waals surface area contributed by atoms with Crippen LogP contribution in [-0.4, -0.2) is 24.0 Å². The van der Waals surface area contributed by atoms with Crippen LogP contribution in [0.15, 0.2) is 12.1 Å². The molecule has 1 fully saturated rings. The number of nitrogens with two attached hydrogens (primary N) is 1. The van der Waals surface area contributed by atoms with Crippen molar-refractivity contribution in [1.82, 2.24) is 4.90 Å². The van der Waals surface area contributed by atoms with E-state index in [1.54, 1.807) is 0 Å². The average Bonchev–Trinajstić information content (AvgIpc) is 2.69. The number of halogens is 1. The van der Waals surface area contributed by atoms with Gasteiger partial charge in [0, 0.05) is 22.3 Å². The number of hydrogen-bond acceptors (Lipinski definition) is 3. The highest BCUT2D eigenvalue weighted by atomic mass is 35.5. The second-order valence-electron chi connectivity index (χ2n) is 6.13. The summed E-state index contributed by atoms with van der Waals surface area (Å²) in [6.07, 6.45) is 2.30. The molecule has 0 aromatic carbocycles. The third-order valence-electron chi connectivity index (χ3n) is 3.41. The molecule has 0 atom stereocenters. The number of thiophene rings is 1. The third-order valence-corrected chi connectivity index (χ3v) is 4.91. The number of hydrogen-bond donors (Lipinski definition) is 1. The van der Waals surface area contributed by atoms with E-state index in [0.29, 0.717) is 6.04 Å². The van der Waals surface area contributed by atoms with Gasteiger partial charge in [-0.05, 0) is 43.5 Å². The first-order chi connectivity index (χ1) is 7.95. The maximum Gasteiger partial charge on any atom is 0.0328 e. The van der Waals surface area contributed by atoms with Crippen LogP contribution in [0.2, 0.25) is 0 Å². The smallest absolute Gasteiger partial charge is 0.0328 e. The van der Waals surface area contributed by atoms with Crippen molar-refractivity contribution >= 4 is 23.7 Å². The van der Waals surface area contributed by atoms with E-state index in [1.807, 2.05) is 11.3 Å². The van der Waals surface area contributed by atoms with Crippen LogP contribution in [0.3, 0.4) is 0 Å². The largest absolute Gasteiger partial charge is 0.328 e. The van der Waals surface area contributed by atoms with Crippen molar-refractivity contribution < 1.29 is 0 Å². The Balaban J connectivity index is 0.00000162. The van der Waals surface area contributed by atoms with Crippen LogP contribution in [0.25, 0.3) is 0 Å². The standard InChI is InChI=1S/C14H24N2S.ClH/c1-14(2,3)13-5-4-12(17-13)10-16-8-6-11(15)7-9-16;/h4-5,11H,6-10,15H2,1-3H3;1H. The molecule has 0 radical (unpaired) electrons. The molecule has 4 heteroatoms. The number of piperidine rings is 1. The van der Waals surface area contributed by atoms with Crippen molar-refractivity contribution in [3.63, 3.8) is 0 Å². The molecule has 1 saturated heterocycles.